The van der Waals surface area contributed by atoms with Crippen LogP contribution in [0.3, 0.4) is 0 Å². The third-order valence-corrected chi connectivity index (χ3v) is 4.66. The van der Waals surface area contributed by atoms with Crippen LogP contribution in [0.15, 0.2) is 30.9 Å². The van der Waals surface area contributed by atoms with Crippen molar-refractivity contribution in [2.45, 2.75) is 44.2 Å². The number of benzene rings is 1. The standard InChI is InChI=1S/C18H22N2O4/c1-3-16(21)20-18(7-4-8-18)10-17(22)19-12(2)13-5-6-14-15(9-13)24-11-23-14/h3,5-6,9,12H,1,4,7-8,10-11H2,2H3,(H,19,22)(H,20,21)/t12-/m0/s1. The fourth-order valence-corrected chi connectivity index (χ4v) is 3.13. The molecule has 6 heteroatoms. The van der Waals surface area contributed by atoms with Gasteiger partial charge in [0.15, 0.2) is 11.5 Å². The van der Waals surface area contributed by atoms with E-state index in [-0.39, 0.29) is 31.1 Å². The summed E-state index contributed by atoms with van der Waals surface area (Å²) in [5, 5.41) is 5.89. The van der Waals surface area contributed by atoms with Crippen LogP contribution >= 0.6 is 0 Å². The highest BCUT2D eigenvalue weighted by Gasteiger charge is 2.40. The first-order chi connectivity index (χ1) is 11.5. The van der Waals surface area contributed by atoms with Crippen molar-refractivity contribution in [3.63, 3.8) is 0 Å². The molecule has 0 radical (unpaired) electrons. The maximum absolute atomic E-state index is 12.4. The molecule has 1 atom stereocenters. The predicted molar refractivity (Wildman–Crippen MR) is 88.7 cm³/mol. The first-order valence-corrected chi connectivity index (χ1v) is 8.15. The molecule has 24 heavy (non-hydrogen) atoms. The lowest BCUT2D eigenvalue weighted by atomic mass is 9.74. The van der Waals surface area contributed by atoms with Gasteiger partial charge in [0.05, 0.1) is 6.04 Å². The van der Waals surface area contributed by atoms with Crippen molar-refractivity contribution in [2.75, 3.05) is 6.79 Å². The van der Waals surface area contributed by atoms with Gasteiger partial charge in [-0.05, 0) is 50.0 Å². The van der Waals surface area contributed by atoms with Crippen molar-refractivity contribution in [2.24, 2.45) is 0 Å². The first-order valence-electron chi connectivity index (χ1n) is 8.15. The second-order valence-electron chi connectivity index (χ2n) is 6.41. The van der Waals surface area contributed by atoms with Gasteiger partial charge in [-0.1, -0.05) is 12.6 Å². The van der Waals surface area contributed by atoms with Gasteiger partial charge < -0.3 is 20.1 Å². The molecule has 1 fully saturated rings. The molecule has 2 amide bonds. The monoisotopic (exact) mass is 330 g/mol. The van der Waals surface area contributed by atoms with E-state index >= 15 is 0 Å². The number of carbonyl (C=O) groups excluding carboxylic acids is 2. The second-order valence-corrected chi connectivity index (χ2v) is 6.41. The Labute approximate surface area is 141 Å². The second kappa shape index (κ2) is 6.55. The molecule has 0 saturated heterocycles. The maximum atomic E-state index is 12.4. The molecule has 0 aromatic heterocycles. The Kier molecular flexibility index (Phi) is 4.46. The van der Waals surface area contributed by atoms with Crippen molar-refractivity contribution < 1.29 is 19.1 Å². The van der Waals surface area contributed by atoms with Crippen LogP contribution in [0, 0.1) is 0 Å². The molecule has 6 nitrogen and oxygen atoms in total. The lowest BCUT2D eigenvalue weighted by Gasteiger charge is -2.42. The molecule has 2 N–H and O–H groups in total. The summed E-state index contributed by atoms with van der Waals surface area (Å²) < 4.78 is 10.7. The number of nitrogens with one attached hydrogen (secondary N) is 2. The van der Waals surface area contributed by atoms with Crippen molar-refractivity contribution in [1.29, 1.82) is 0 Å². The predicted octanol–water partition coefficient (Wildman–Crippen LogP) is 2.21. The van der Waals surface area contributed by atoms with E-state index in [0.29, 0.717) is 5.75 Å². The lowest BCUT2D eigenvalue weighted by molar-refractivity contribution is -0.126. The maximum Gasteiger partial charge on any atom is 0.243 e. The summed E-state index contributed by atoms with van der Waals surface area (Å²) in [5.41, 5.74) is 0.523. The molecule has 1 aliphatic carbocycles. The molecule has 1 heterocycles. The molecular weight excluding hydrogens is 308 g/mol. The summed E-state index contributed by atoms with van der Waals surface area (Å²) in [6, 6.07) is 5.49. The Morgan fingerprint density at radius 1 is 1.33 bits per heavy atom. The van der Waals surface area contributed by atoms with Crippen LogP contribution in [0.2, 0.25) is 0 Å². The van der Waals surface area contributed by atoms with E-state index < -0.39 is 5.54 Å². The van der Waals surface area contributed by atoms with Gasteiger partial charge in [-0.2, -0.15) is 0 Å². The lowest BCUT2D eigenvalue weighted by Crippen LogP contribution is -2.55. The largest absolute Gasteiger partial charge is 0.454 e. The fraction of sp³-hybridized carbons (Fsp3) is 0.444. The molecule has 1 aromatic carbocycles. The van der Waals surface area contributed by atoms with Crippen LogP contribution in [0.25, 0.3) is 0 Å². The van der Waals surface area contributed by atoms with Gasteiger partial charge in [-0.3, -0.25) is 9.59 Å². The van der Waals surface area contributed by atoms with Crippen LogP contribution in [0.4, 0.5) is 0 Å². The Morgan fingerprint density at radius 3 is 2.75 bits per heavy atom. The number of hydrogen-bond acceptors (Lipinski definition) is 4. The minimum absolute atomic E-state index is 0.0794. The van der Waals surface area contributed by atoms with E-state index in [1.165, 1.54) is 6.08 Å². The van der Waals surface area contributed by atoms with Gasteiger partial charge in [-0.15, -0.1) is 0 Å². The Bertz CT molecular complexity index is 667. The van der Waals surface area contributed by atoms with Crippen LogP contribution < -0.4 is 20.1 Å². The number of ether oxygens (including phenoxy) is 2. The summed E-state index contributed by atoms with van der Waals surface area (Å²) in [6.07, 6.45) is 4.17. The van der Waals surface area contributed by atoms with Crippen LogP contribution in [0.1, 0.15) is 44.2 Å². The average molecular weight is 330 g/mol. The number of carbonyl (C=O) groups is 2. The average Bonchev–Trinajstić information content (AvgIpc) is 2.99. The Hall–Kier alpha value is -2.50. The van der Waals surface area contributed by atoms with Crippen molar-refractivity contribution in [3.05, 3.63) is 36.4 Å². The molecule has 1 aliphatic heterocycles. The SMILES string of the molecule is C=CC(=O)NC1(CC(=O)N[C@@H](C)c2ccc3c(c2)OCO3)CCC1. The number of hydrogen-bond donors (Lipinski definition) is 2. The third kappa shape index (κ3) is 3.37. The summed E-state index contributed by atoms with van der Waals surface area (Å²) in [7, 11) is 0. The van der Waals surface area contributed by atoms with Gasteiger partial charge in [0.25, 0.3) is 0 Å². The normalized spacial score (nSPS) is 18.2. The van der Waals surface area contributed by atoms with Crippen molar-refractivity contribution >= 4 is 11.8 Å². The van der Waals surface area contributed by atoms with Gasteiger partial charge in [-0.25, -0.2) is 0 Å². The number of amides is 2. The van der Waals surface area contributed by atoms with Crippen LogP contribution in [-0.4, -0.2) is 24.1 Å². The van der Waals surface area contributed by atoms with Gasteiger partial charge >= 0.3 is 0 Å². The highest BCUT2D eigenvalue weighted by Crippen LogP contribution is 2.36. The molecule has 2 aliphatic rings. The number of rotatable bonds is 6. The minimum Gasteiger partial charge on any atom is -0.454 e. The van der Waals surface area contributed by atoms with Crippen molar-refractivity contribution in [3.8, 4) is 11.5 Å². The molecule has 1 aromatic rings. The molecule has 0 unspecified atom stereocenters. The molecule has 0 spiro atoms. The number of fused-ring (bicyclic) bond motifs is 1. The van der Waals surface area contributed by atoms with E-state index in [1.807, 2.05) is 25.1 Å². The van der Waals surface area contributed by atoms with Gasteiger partial charge in [0.2, 0.25) is 18.6 Å². The fourth-order valence-electron chi connectivity index (χ4n) is 3.13. The van der Waals surface area contributed by atoms with Crippen molar-refractivity contribution in [1.82, 2.24) is 10.6 Å². The molecule has 1 saturated carbocycles. The quantitative estimate of drug-likeness (QED) is 0.784. The molecule has 0 bridgehead atoms. The van der Waals surface area contributed by atoms with Crippen LogP contribution in [0.5, 0.6) is 11.5 Å². The molecular formula is C18H22N2O4. The zero-order valence-corrected chi connectivity index (χ0v) is 13.8. The zero-order chi connectivity index (χ0) is 17.2. The van der Waals surface area contributed by atoms with Gasteiger partial charge in [0.1, 0.15) is 0 Å². The third-order valence-electron chi connectivity index (χ3n) is 4.66. The topological polar surface area (TPSA) is 76.7 Å². The van der Waals surface area contributed by atoms with E-state index in [0.717, 1.165) is 30.6 Å². The summed E-state index contributed by atoms with van der Waals surface area (Å²) in [6.45, 7) is 5.61. The molecule has 128 valence electrons. The Morgan fingerprint density at radius 2 is 2.08 bits per heavy atom. The zero-order valence-electron chi connectivity index (χ0n) is 13.8. The Balaban J connectivity index is 1.59. The highest BCUT2D eigenvalue weighted by atomic mass is 16.7. The van der Waals surface area contributed by atoms with E-state index in [4.69, 9.17) is 9.47 Å². The summed E-state index contributed by atoms with van der Waals surface area (Å²) in [5.74, 6) is 1.11. The van der Waals surface area contributed by atoms with E-state index in [1.54, 1.807) is 0 Å². The summed E-state index contributed by atoms with van der Waals surface area (Å²) in [4.78, 5) is 24.0. The summed E-state index contributed by atoms with van der Waals surface area (Å²) >= 11 is 0. The van der Waals surface area contributed by atoms with Gasteiger partial charge in [0, 0.05) is 12.0 Å². The molecule has 3 rings (SSSR count). The minimum atomic E-state index is -0.427. The van der Waals surface area contributed by atoms with Crippen LogP contribution in [-0.2, 0) is 9.59 Å². The van der Waals surface area contributed by atoms with E-state index in [2.05, 4.69) is 17.2 Å². The smallest absolute Gasteiger partial charge is 0.243 e. The van der Waals surface area contributed by atoms with E-state index in [9.17, 15) is 9.59 Å². The first kappa shape index (κ1) is 16.4. The highest BCUT2D eigenvalue weighted by molar-refractivity contribution is 5.88.